The quantitative estimate of drug-likeness (QED) is 0.912. The van der Waals surface area contributed by atoms with E-state index in [4.69, 9.17) is 4.74 Å². The van der Waals surface area contributed by atoms with Crippen LogP contribution in [0.15, 0.2) is 40.9 Å². The second-order valence-electron chi connectivity index (χ2n) is 4.94. The van der Waals surface area contributed by atoms with Gasteiger partial charge < -0.3 is 9.84 Å². The number of halogens is 2. The first kappa shape index (κ1) is 13.6. The monoisotopic (exact) mass is 336 g/mol. The minimum absolute atomic E-state index is 0.187. The van der Waals surface area contributed by atoms with Crippen LogP contribution in [0.4, 0.5) is 4.39 Å². The van der Waals surface area contributed by atoms with Gasteiger partial charge >= 0.3 is 0 Å². The molecule has 1 N–H and O–H groups in total. The summed E-state index contributed by atoms with van der Waals surface area (Å²) >= 11 is 3.32. The highest BCUT2D eigenvalue weighted by Gasteiger charge is 2.20. The predicted octanol–water partition coefficient (Wildman–Crippen LogP) is 4.15. The van der Waals surface area contributed by atoms with Crippen LogP contribution in [0.5, 0.6) is 5.75 Å². The molecule has 20 heavy (non-hydrogen) atoms. The maximum Gasteiger partial charge on any atom is 0.129 e. The van der Waals surface area contributed by atoms with Crippen LogP contribution < -0.4 is 4.74 Å². The highest BCUT2D eigenvalue weighted by Crippen LogP contribution is 2.33. The number of aryl methyl sites for hydroxylation is 1. The molecule has 0 radical (unpaired) electrons. The van der Waals surface area contributed by atoms with E-state index in [2.05, 4.69) is 15.9 Å². The summed E-state index contributed by atoms with van der Waals surface area (Å²) in [5.41, 5.74) is 2.61. The van der Waals surface area contributed by atoms with Gasteiger partial charge in [0.25, 0.3) is 0 Å². The maximum atomic E-state index is 13.6. The number of ether oxygens (including phenoxy) is 1. The third kappa shape index (κ3) is 2.72. The van der Waals surface area contributed by atoms with Crippen LogP contribution in [0.2, 0.25) is 0 Å². The maximum absolute atomic E-state index is 13.6. The molecule has 0 aliphatic heterocycles. The summed E-state index contributed by atoms with van der Waals surface area (Å²) in [6, 6.07) is 10.4. The average Bonchev–Trinajstić information content (AvgIpc) is 2.81. The topological polar surface area (TPSA) is 29.5 Å². The fourth-order valence-corrected chi connectivity index (χ4v) is 2.88. The Labute approximate surface area is 125 Å². The van der Waals surface area contributed by atoms with Gasteiger partial charge in [0, 0.05) is 10.0 Å². The predicted molar refractivity (Wildman–Crippen MR) is 78.2 cm³/mol. The normalized spacial score (nSPS) is 17.1. The Kier molecular flexibility index (Phi) is 3.76. The number of fused-ring (bicyclic) bond motifs is 1. The van der Waals surface area contributed by atoms with Crippen molar-refractivity contribution in [2.75, 3.05) is 0 Å². The van der Waals surface area contributed by atoms with Crippen molar-refractivity contribution in [1.82, 2.24) is 0 Å². The van der Waals surface area contributed by atoms with Gasteiger partial charge in [-0.2, -0.15) is 0 Å². The zero-order valence-corrected chi connectivity index (χ0v) is 12.4. The summed E-state index contributed by atoms with van der Waals surface area (Å²) in [4.78, 5) is 0. The minimum Gasteiger partial charge on any atom is -0.489 e. The molecule has 1 atom stereocenters. The van der Waals surface area contributed by atoms with E-state index in [0.29, 0.717) is 11.3 Å². The minimum atomic E-state index is -0.360. The smallest absolute Gasteiger partial charge is 0.129 e. The molecule has 0 saturated heterocycles. The van der Waals surface area contributed by atoms with Crippen molar-refractivity contribution in [2.24, 2.45) is 0 Å². The van der Waals surface area contributed by atoms with Crippen LogP contribution >= 0.6 is 15.9 Å². The van der Waals surface area contributed by atoms with Gasteiger partial charge in [-0.25, -0.2) is 4.39 Å². The summed E-state index contributed by atoms with van der Waals surface area (Å²) in [5, 5.41) is 9.75. The van der Waals surface area contributed by atoms with Crippen molar-refractivity contribution >= 4 is 15.9 Å². The number of aliphatic hydroxyl groups excluding tert-OH is 1. The number of benzene rings is 2. The molecule has 0 amide bonds. The van der Waals surface area contributed by atoms with Gasteiger partial charge in [0.15, 0.2) is 0 Å². The van der Waals surface area contributed by atoms with E-state index in [9.17, 15) is 9.50 Å². The lowest BCUT2D eigenvalue weighted by atomic mass is 10.1. The molecule has 0 spiro atoms. The molecular formula is C16H14BrFO2. The second-order valence-corrected chi connectivity index (χ2v) is 5.86. The van der Waals surface area contributed by atoms with Gasteiger partial charge in [-0.15, -0.1) is 0 Å². The number of rotatable bonds is 3. The fraction of sp³-hybridized carbons (Fsp3) is 0.250. The third-order valence-corrected chi connectivity index (χ3v) is 4.06. The molecule has 0 unspecified atom stereocenters. The van der Waals surface area contributed by atoms with Crippen LogP contribution in [-0.4, -0.2) is 5.11 Å². The summed E-state index contributed by atoms with van der Waals surface area (Å²) in [6.07, 6.45) is 1.26. The molecule has 2 aromatic rings. The van der Waals surface area contributed by atoms with E-state index < -0.39 is 0 Å². The SMILES string of the molecule is O[C@@H]1CCc2cc(OCc3cc(Br)ccc3F)ccc21. The average molecular weight is 337 g/mol. The highest BCUT2D eigenvalue weighted by molar-refractivity contribution is 9.10. The van der Waals surface area contributed by atoms with E-state index in [1.54, 1.807) is 12.1 Å². The standard InChI is InChI=1S/C16H14BrFO2/c17-12-2-5-15(18)11(7-12)9-20-13-3-4-14-10(8-13)1-6-16(14)19/h2-5,7-8,16,19H,1,6,9H2/t16-/m1/s1. The first-order valence-electron chi connectivity index (χ1n) is 6.51. The zero-order valence-electron chi connectivity index (χ0n) is 10.8. The van der Waals surface area contributed by atoms with E-state index in [1.807, 2.05) is 18.2 Å². The Balaban J connectivity index is 1.74. The van der Waals surface area contributed by atoms with Crippen molar-refractivity contribution in [2.45, 2.75) is 25.6 Å². The van der Waals surface area contributed by atoms with Crippen LogP contribution in [0, 0.1) is 5.82 Å². The molecule has 0 saturated carbocycles. The molecule has 4 heteroatoms. The van der Waals surface area contributed by atoms with Crippen LogP contribution in [-0.2, 0) is 13.0 Å². The van der Waals surface area contributed by atoms with Crippen LogP contribution in [0.3, 0.4) is 0 Å². The Hall–Kier alpha value is -1.39. The molecule has 0 heterocycles. The molecule has 1 aliphatic carbocycles. The highest BCUT2D eigenvalue weighted by atomic mass is 79.9. The summed E-state index contributed by atoms with van der Waals surface area (Å²) in [6.45, 7) is 0.187. The Morgan fingerprint density at radius 2 is 2.10 bits per heavy atom. The van der Waals surface area contributed by atoms with Gasteiger partial charge in [0.2, 0.25) is 0 Å². The first-order chi connectivity index (χ1) is 9.63. The Morgan fingerprint density at radius 3 is 2.95 bits per heavy atom. The molecule has 104 valence electrons. The fourth-order valence-electron chi connectivity index (χ4n) is 2.48. The zero-order chi connectivity index (χ0) is 14.1. The van der Waals surface area contributed by atoms with Gasteiger partial charge in [0.1, 0.15) is 18.2 Å². The Bertz CT molecular complexity index is 642. The van der Waals surface area contributed by atoms with Crippen molar-refractivity contribution in [1.29, 1.82) is 0 Å². The third-order valence-electron chi connectivity index (χ3n) is 3.56. The van der Waals surface area contributed by atoms with Gasteiger partial charge in [-0.1, -0.05) is 22.0 Å². The summed E-state index contributed by atoms with van der Waals surface area (Å²) in [7, 11) is 0. The van der Waals surface area contributed by atoms with Crippen LogP contribution in [0.1, 0.15) is 29.2 Å². The van der Waals surface area contributed by atoms with E-state index in [-0.39, 0.29) is 18.5 Å². The van der Waals surface area contributed by atoms with Gasteiger partial charge in [-0.05, 0) is 54.3 Å². The molecule has 2 nitrogen and oxygen atoms in total. The summed E-state index contributed by atoms with van der Waals surface area (Å²) < 4.78 is 20.1. The number of hydrogen-bond donors (Lipinski definition) is 1. The lowest BCUT2D eigenvalue weighted by molar-refractivity contribution is 0.180. The van der Waals surface area contributed by atoms with E-state index >= 15 is 0 Å². The molecule has 1 aliphatic rings. The lowest BCUT2D eigenvalue weighted by Gasteiger charge is -2.10. The molecule has 0 bridgehead atoms. The summed E-state index contributed by atoms with van der Waals surface area (Å²) in [5.74, 6) is 0.432. The van der Waals surface area contributed by atoms with E-state index in [1.165, 1.54) is 6.07 Å². The van der Waals surface area contributed by atoms with Gasteiger partial charge in [0.05, 0.1) is 6.10 Å². The van der Waals surface area contributed by atoms with Crippen molar-refractivity contribution in [3.8, 4) is 5.75 Å². The molecule has 2 aromatic carbocycles. The first-order valence-corrected chi connectivity index (χ1v) is 7.30. The largest absolute Gasteiger partial charge is 0.489 e. The lowest BCUT2D eigenvalue weighted by Crippen LogP contribution is -1.99. The Morgan fingerprint density at radius 1 is 1.25 bits per heavy atom. The molecular weight excluding hydrogens is 323 g/mol. The van der Waals surface area contributed by atoms with Crippen molar-refractivity contribution in [3.63, 3.8) is 0 Å². The second kappa shape index (κ2) is 5.54. The number of aliphatic hydroxyl groups is 1. The number of hydrogen-bond acceptors (Lipinski definition) is 2. The van der Waals surface area contributed by atoms with E-state index in [0.717, 1.165) is 28.4 Å². The molecule has 3 rings (SSSR count). The van der Waals surface area contributed by atoms with Crippen LogP contribution in [0.25, 0.3) is 0 Å². The molecule has 0 fully saturated rings. The van der Waals surface area contributed by atoms with Crippen molar-refractivity contribution < 1.29 is 14.2 Å². The van der Waals surface area contributed by atoms with Crippen molar-refractivity contribution in [3.05, 3.63) is 63.4 Å². The molecule has 0 aromatic heterocycles. The van der Waals surface area contributed by atoms with Gasteiger partial charge in [-0.3, -0.25) is 0 Å².